The normalized spacial score (nSPS) is 10.2. The molecule has 6 nitrogen and oxygen atoms in total. The molecule has 1 rings (SSSR count). The van der Waals surface area contributed by atoms with Gasteiger partial charge in [0.25, 0.3) is 5.91 Å². The molecule has 1 amide bonds. The second kappa shape index (κ2) is 6.94. The lowest BCUT2D eigenvalue weighted by Crippen LogP contribution is -2.28. The van der Waals surface area contributed by atoms with Gasteiger partial charge in [-0.2, -0.15) is 5.10 Å². The van der Waals surface area contributed by atoms with Gasteiger partial charge in [-0.1, -0.05) is 13.3 Å². The second-order valence-electron chi connectivity index (χ2n) is 3.06. The summed E-state index contributed by atoms with van der Waals surface area (Å²) >= 11 is 0. The molecule has 0 atom stereocenters. The Balaban J connectivity index is 2.03. The van der Waals surface area contributed by atoms with Crippen molar-refractivity contribution in [3.63, 3.8) is 0 Å². The van der Waals surface area contributed by atoms with Crippen LogP contribution in [-0.2, 0) is 4.74 Å². The number of carbonyl (C=O) groups is 1. The van der Waals surface area contributed by atoms with Gasteiger partial charge >= 0.3 is 0 Å². The van der Waals surface area contributed by atoms with Crippen molar-refractivity contribution in [1.29, 1.82) is 0 Å². The second-order valence-corrected chi connectivity index (χ2v) is 3.06. The van der Waals surface area contributed by atoms with E-state index in [1.165, 1.54) is 6.33 Å². The predicted octanol–water partition coefficient (Wildman–Crippen LogP) is 0.351. The molecule has 84 valence electrons. The molecule has 0 fully saturated rings. The van der Waals surface area contributed by atoms with E-state index in [1.54, 1.807) is 0 Å². The van der Waals surface area contributed by atoms with Gasteiger partial charge in [-0.25, -0.2) is 4.98 Å². The number of carbonyl (C=O) groups excluding carboxylic acids is 1. The van der Waals surface area contributed by atoms with Crippen LogP contribution in [0.15, 0.2) is 6.33 Å². The van der Waals surface area contributed by atoms with Crippen molar-refractivity contribution in [2.24, 2.45) is 0 Å². The van der Waals surface area contributed by atoms with Crippen LogP contribution in [0.3, 0.4) is 0 Å². The average molecular weight is 212 g/mol. The van der Waals surface area contributed by atoms with Crippen molar-refractivity contribution in [3.8, 4) is 0 Å². The Morgan fingerprint density at radius 3 is 3.13 bits per heavy atom. The molecular weight excluding hydrogens is 196 g/mol. The molecule has 1 aromatic heterocycles. The summed E-state index contributed by atoms with van der Waals surface area (Å²) in [6.45, 7) is 3.87. The van der Waals surface area contributed by atoms with Gasteiger partial charge in [-0.05, 0) is 6.42 Å². The average Bonchev–Trinajstić information content (AvgIpc) is 2.76. The summed E-state index contributed by atoms with van der Waals surface area (Å²) in [5.74, 6) is -0.0323. The molecule has 0 spiro atoms. The molecule has 0 aromatic carbocycles. The first kappa shape index (κ1) is 11.6. The molecule has 0 aliphatic rings. The van der Waals surface area contributed by atoms with Gasteiger partial charge in [0, 0.05) is 13.2 Å². The zero-order valence-corrected chi connectivity index (χ0v) is 8.82. The van der Waals surface area contributed by atoms with E-state index in [2.05, 4.69) is 27.4 Å². The van der Waals surface area contributed by atoms with Gasteiger partial charge in [-0.15, -0.1) is 0 Å². The summed E-state index contributed by atoms with van der Waals surface area (Å²) < 4.78 is 5.28. The lowest BCUT2D eigenvalue weighted by Gasteiger charge is -2.03. The Labute approximate surface area is 88.4 Å². The first-order chi connectivity index (χ1) is 7.34. The molecule has 0 unspecified atom stereocenters. The molecule has 15 heavy (non-hydrogen) atoms. The molecule has 0 bridgehead atoms. The third kappa shape index (κ3) is 4.55. The number of aromatic amines is 1. The lowest BCUT2D eigenvalue weighted by atomic mass is 10.4. The molecule has 0 radical (unpaired) electrons. The Kier molecular flexibility index (Phi) is 5.39. The summed E-state index contributed by atoms with van der Waals surface area (Å²) in [6.07, 6.45) is 3.47. The minimum atomic E-state index is -0.258. The maximum Gasteiger partial charge on any atom is 0.288 e. The monoisotopic (exact) mass is 212 g/mol. The highest BCUT2D eigenvalue weighted by Crippen LogP contribution is 1.87. The number of nitrogens with zero attached hydrogens (tertiary/aromatic N) is 2. The SMILES string of the molecule is CCCCOCCNC(=O)c1ncn[nH]1. The molecule has 0 aliphatic carbocycles. The molecule has 1 heterocycles. The third-order valence-electron chi connectivity index (χ3n) is 1.80. The van der Waals surface area contributed by atoms with E-state index in [4.69, 9.17) is 4.74 Å². The van der Waals surface area contributed by atoms with Crippen molar-refractivity contribution < 1.29 is 9.53 Å². The van der Waals surface area contributed by atoms with E-state index in [0.717, 1.165) is 19.4 Å². The smallest absolute Gasteiger partial charge is 0.288 e. The van der Waals surface area contributed by atoms with E-state index in [0.29, 0.717) is 13.2 Å². The Hall–Kier alpha value is -1.43. The van der Waals surface area contributed by atoms with Crippen LogP contribution >= 0.6 is 0 Å². The molecule has 0 aliphatic heterocycles. The van der Waals surface area contributed by atoms with Gasteiger partial charge < -0.3 is 10.1 Å². The number of H-pyrrole nitrogens is 1. The molecule has 0 saturated heterocycles. The fraction of sp³-hybridized carbons (Fsp3) is 0.667. The molecule has 6 heteroatoms. The van der Waals surface area contributed by atoms with Crippen LogP contribution in [0.5, 0.6) is 0 Å². The van der Waals surface area contributed by atoms with Crippen LogP contribution < -0.4 is 5.32 Å². The standard InChI is InChI=1S/C9H16N4O2/c1-2-3-5-15-6-4-10-9(14)8-11-7-12-13-8/h7H,2-6H2,1H3,(H,10,14)(H,11,12,13). The maximum absolute atomic E-state index is 11.3. The molecule has 1 aromatic rings. The van der Waals surface area contributed by atoms with E-state index < -0.39 is 0 Å². The van der Waals surface area contributed by atoms with Crippen LogP contribution in [0.25, 0.3) is 0 Å². The van der Waals surface area contributed by atoms with Gasteiger partial charge in [0.15, 0.2) is 0 Å². The van der Waals surface area contributed by atoms with Gasteiger partial charge in [-0.3, -0.25) is 9.89 Å². The summed E-state index contributed by atoms with van der Waals surface area (Å²) in [6, 6.07) is 0. The van der Waals surface area contributed by atoms with Gasteiger partial charge in [0.2, 0.25) is 5.82 Å². The largest absolute Gasteiger partial charge is 0.380 e. The highest BCUT2D eigenvalue weighted by atomic mass is 16.5. The quantitative estimate of drug-likeness (QED) is 0.639. The third-order valence-corrected chi connectivity index (χ3v) is 1.80. The minimum absolute atomic E-state index is 0.226. The van der Waals surface area contributed by atoms with Crippen molar-refractivity contribution in [3.05, 3.63) is 12.2 Å². The molecule has 2 N–H and O–H groups in total. The summed E-state index contributed by atoms with van der Waals surface area (Å²) in [4.78, 5) is 15.0. The minimum Gasteiger partial charge on any atom is -0.380 e. The van der Waals surface area contributed by atoms with E-state index in [1.807, 2.05) is 0 Å². The van der Waals surface area contributed by atoms with Crippen molar-refractivity contribution in [2.75, 3.05) is 19.8 Å². The van der Waals surface area contributed by atoms with Crippen molar-refractivity contribution in [2.45, 2.75) is 19.8 Å². The van der Waals surface area contributed by atoms with Crippen LogP contribution in [-0.4, -0.2) is 40.8 Å². The fourth-order valence-electron chi connectivity index (χ4n) is 0.984. The van der Waals surface area contributed by atoms with Gasteiger partial charge in [0.05, 0.1) is 6.61 Å². The maximum atomic E-state index is 11.3. The van der Waals surface area contributed by atoms with Crippen LogP contribution in [0, 0.1) is 0 Å². The highest BCUT2D eigenvalue weighted by Gasteiger charge is 2.06. The zero-order valence-electron chi connectivity index (χ0n) is 8.82. The van der Waals surface area contributed by atoms with Crippen LogP contribution in [0.2, 0.25) is 0 Å². The van der Waals surface area contributed by atoms with Crippen molar-refractivity contribution in [1.82, 2.24) is 20.5 Å². The van der Waals surface area contributed by atoms with E-state index in [9.17, 15) is 4.79 Å². The number of hydrogen-bond donors (Lipinski definition) is 2. The fourth-order valence-corrected chi connectivity index (χ4v) is 0.984. The first-order valence-electron chi connectivity index (χ1n) is 5.06. The van der Waals surface area contributed by atoms with E-state index in [-0.39, 0.29) is 11.7 Å². The number of amides is 1. The number of aromatic nitrogens is 3. The number of hydrogen-bond acceptors (Lipinski definition) is 4. The topological polar surface area (TPSA) is 79.9 Å². The summed E-state index contributed by atoms with van der Waals surface area (Å²) in [5.41, 5.74) is 0. The molecule has 0 saturated carbocycles. The number of nitrogens with one attached hydrogen (secondary N) is 2. The van der Waals surface area contributed by atoms with E-state index >= 15 is 0 Å². The summed E-state index contributed by atoms with van der Waals surface area (Å²) in [7, 11) is 0. The predicted molar refractivity (Wildman–Crippen MR) is 54.4 cm³/mol. The van der Waals surface area contributed by atoms with Crippen LogP contribution in [0.4, 0.5) is 0 Å². The lowest BCUT2D eigenvalue weighted by molar-refractivity contribution is 0.0903. The Bertz CT molecular complexity index is 274. The van der Waals surface area contributed by atoms with Gasteiger partial charge in [0.1, 0.15) is 6.33 Å². The highest BCUT2D eigenvalue weighted by molar-refractivity contribution is 5.90. The van der Waals surface area contributed by atoms with Crippen molar-refractivity contribution >= 4 is 5.91 Å². The zero-order chi connectivity index (χ0) is 10.9. The number of ether oxygens (including phenoxy) is 1. The number of rotatable bonds is 7. The first-order valence-corrected chi connectivity index (χ1v) is 5.06. The number of unbranched alkanes of at least 4 members (excludes halogenated alkanes) is 1. The Morgan fingerprint density at radius 2 is 2.47 bits per heavy atom. The molecular formula is C9H16N4O2. The Morgan fingerprint density at radius 1 is 1.60 bits per heavy atom. The van der Waals surface area contributed by atoms with Crippen LogP contribution in [0.1, 0.15) is 30.4 Å². The summed E-state index contributed by atoms with van der Waals surface area (Å²) in [5, 5.41) is 8.73.